The predicted molar refractivity (Wildman–Crippen MR) is 85.1 cm³/mol. The molecule has 0 bridgehead atoms. The molecule has 0 atom stereocenters. The number of hydrogen-bond acceptors (Lipinski definition) is 4. The molecule has 0 saturated heterocycles. The third-order valence-electron chi connectivity index (χ3n) is 3.27. The molecule has 0 saturated carbocycles. The van der Waals surface area contributed by atoms with Gasteiger partial charge in [-0.25, -0.2) is 4.79 Å². The maximum atomic E-state index is 11.9. The Bertz CT molecular complexity index is 755. The highest BCUT2D eigenvalue weighted by atomic mass is 16.5. The SMILES string of the molecule is Cc1ccccc1OCC(=O)Nc1cc(C)c(O)c(C(=O)O)c1. The zero-order valence-corrected chi connectivity index (χ0v) is 12.8. The van der Waals surface area contributed by atoms with Crippen LogP contribution in [0.4, 0.5) is 5.69 Å². The van der Waals surface area contributed by atoms with Crippen molar-refractivity contribution in [3.63, 3.8) is 0 Å². The van der Waals surface area contributed by atoms with Crippen molar-refractivity contribution in [2.45, 2.75) is 13.8 Å². The summed E-state index contributed by atoms with van der Waals surface area (Å²) in [5.41, 5.74) is 1.30. The number of phenols is 1. The Kier molecular flexibility index (Phi) is 4.85. The molecule has 6 nitrogen and oxygen atoms in total. The van der Waals surface area contributed by atoms with Crippen LogP contribution in [-0.4, -0.2) is 28.7 Å². The number of aromatic carboxylic acids is 1. The molecule has 2 rings (SSSR count). The van der Waals surface area contributed by atoms with Crippen LogP contribution in [0.3, 0.4) is 0 Å². The number of carboxylic acids is 1. The van der Waals surface area contributed by atoms with Crippen molar-refractivity contribution in [1.82, 2.24) is 0 Å². The molecule has 23 heavy (non-hydrogen) atoms. The first kappa shape index (κ1) is 16.4. The van der Waals surface area contributed by atoms with Crippen LogP contribution in [0.1, 0.15) is 21.5 Å². The normalized spacial score (nSPS) is 10.2. The summed E-state index contributed by atoms with van der Waals surface area (Å²) in [4.78, 5) is 23.0. The van der Waals surface area contributed by atoms with E-state index in [0.29, 0.717) is 11.3 Å². The first-order valence-corrected chi connectivity index (χ1v) is 6.93. The third kappa shape index (κ3) is 4.00. The van der Waals surface area contributed by atoms with Gasteiger partial charge in [0.15, 0.2) is 6.61 Å². The van der Waals surface area contributed by atoms with Crippen LogP contribution in [0, 0.1) is 13.8 Å². The highest BCUT2D eigenvalue weighted by molar-refractivity contribution is 5.96. The average molecular weight is 315 g/mol. The lowest BCUT2D eigenvalue weighted by Crippen LogP contribution is -2.20. The van der Waals surface area contributed by atoms with Crippen molar-refractivity contribution in [2.24, 2.45) is 0 Å². The van der Waals surface area contributed by atoms with E-state index in [9.17, 15) is 14.7 Å². The Hall–Kier alpha value is -3.02. The van der Waals surface area contributed by atoms with Crippen molar-refractivity contribution in [2.75, 3.05) is 11.9 Å². The van der Waals surface area contributed by atoms with Crippen LogP contribution in [0.25, 0.3) is 0 Å². The summed E-state index contributed by atoms with van der Waals surface area (Å²) < 4.78 is 5.42. The van der Waals surface area contributed by atoms with E-state index in [2.05, 4.69) is 5.32 Å². The van der Waals surface area contributed by atoms with E-state index in [1.165, 1.54) is 12.1 Å². The highest BCUT2D eigenvalue weighted by Crippen LogP contribution is 2.26. The van der Waals surface area contributed by atoms with Gasteiger partial charge in [-0.2, -0.15) is 0 Å². The van der Waals surface area contributed by atoms with Crippen LogP contribution >= 0.6 is 0 Å². The van der Waals surface area contributed by atoms with Gasteiger partial charge in [-0.1, -0.05) is 18.2 Å². The van der Waals surface area contributed by atoms with E-state index in [-0.39, 0.29) is 23.6 Å². The zero-order chi connectivity index (χ0) is 17.0. The minimum atomic E-state index is -1.27. The van der Waals surface area contributed by atoms with Gasteiger partial charge in [-0.15, -0.1) is 0 Å². The lowest BCUT2D eigenvalue weighted by atomic mass is 10.1. The molecule has 0 unspecified atom stereocenters. The lowest BCUT2D eigenvalue weighted by molar-refractivity contribution is -0.118. The second-order valence-corrected chi connectivity index (χ2v) is 5.10. The van der Waals surface area contributed by atoms with E-state index in [1.807, 2.05) is 25.1 Å². The Morgan fingerprint density at radius 2 is 1.83 bits per heavy atom. The molecule has 0 spiro atoms. The molecule has 2 aromatic carbocycles. The van der Waals surface area contributed by atoms with Gasteiger partial charge < -0.3 is 20.3 Å². The van der Waals surface area contributed by atoms with E-state index >= 15 is 0 Å². The quantitative estimate of drug-likeness (QED) is 0.737. The molecule has 0 aromatic heterocycles. The lowest BCUT2D eigenvalue weighted by Gasteiger charge is -2.11. The fraction of sp³-hybridized carbons (Fsp3) is 0.176. The van der Waals surface area contributed by atoms with Crippen LogP contribution in [0.15, 0.2) is 36.4 Å². The Labute approximate surface area is 133 Å². The first-order chi connectivity index (χ1) is 10.9. The standard InChI is InChI=1S/C17H17NO5/c1-10-5-3-4-6-14(10)23-9-15(19)18-12-7-11(2)16(20)13(8-12)17(21)22/h3-8,20H,9H2,1-2H3,(H,18,19)(H,21,22). The summed E-state index contributed by atoms with van der Waals surface area (Å²) in [6.45, 7) is 3.23. The van der Waals surface area contributed by atoms with E-state index in [4.69, 9.17) is 9.84 Å². The number of benzene rings is 2. The van der Waals surface area contributed by atoms with E-state index < -0.39 is 11.9 Å². The number of aromatic hydroxyl groups is 1. The average Bonchev–Trinajstić information content (AvgIpc) is 2.49. The second-order valence-electron chi connectivity index (χ2n) is 5.10. The van der Waals surface area contributed by atoms with Crippen molar-refractivity contribution in [3.05, 3.63) is 53.1 Å². The summed E-state index contributed by atoms with van der Waals surface area (Å²) in [7, 11) is 0. The maximum absolute atomic E-state index is 11.9. The number of carbonyl (C=O) groups is 2. The first-order valence-electron chi connectivity index (χ1n) is 6.93. The molecule has 120 valence electrons. The smallest absolute Gasteiger partial charge is 0.339 e. The van der Waals surface area contributed by atoms with Gasteiger partial charge in [0.2, 0.25) is 0 Å². The zero-order valence-electron chi connectivity index (χ0n) is 12.8. The summed E-state index contributed by atoms with van der Waals surface area (Å²) in [6.07, 6.45) is 0. The van der Waals surface area contributed by atoms with E-state index in [1.54, 1.807) is 13.0 Å². The predicted octanol–water partition coefficient (Wildman–Crippen LogP) is 2.72. The van der Waals surface area contributed by atoms with Crippen molar-refractivity contribution < 1.29 is 24.5 Å². The summed E-state index contributed by atoms with van der Waals surface area (Å²) in [6, 6.07) is 10.0. The largest absolute Gasteiger partial charge is 0.507 e. The molecule has 0 aliphatic carbocycles. The van der Waals surface area contributed by atoms with Crippen LogP contribution < -0.4 is 10.1 Å². The molecular formula is C17H17NO5. The summed E-state index contributed by atoms with van der Waals surface area (Å²) in [5.74, 6) is -1.39. The van der Waals surface area contributed by atoms with Crippen LogP contribution in [0.2, 0.25) is 0 Å². The number of rotatable bonds is 5. The van der Waals surface area contributed by atoms with Crippen molar-refractivity contribution in [1.29, 1.82) is 0 Å². The van der Waals surface area contributed by atoms with Crippen LogP contribution in [0.5, 0.6) is 11.5 Å². The van der Waals surface area contributed by atoms with Gasteiger partial charge in [-0.3, -0.25) is 4.79 Å². The summed E-state index contributed by atoms with van der Waals surface area (Å²) in [5, 5.41) is 21.3. The second kappa shape index (κ2) is 6.83. The Morgan fingerprint density at radius 1 is 1.13 bits per heavy atom. The van der Waals surface area contributed by atoms with Gasteiger partial charge in [0.1, 0.15) is 17.1 Å². The minimum Gasteiger partial charge on any atom is -0.507 e. The molecule has 6 heteroatoms. The van der Waals surface area contributed by atoms with Gasteiger partial charge >= 0.3 is 5.97 Å². The van der Waals surface area contributed by atoms with Crippen LogP contribution in [-0.2, 0) is 4.79 Å². The molecule has 0 radical (unpaired) electrons. The topological polar surface area (TPSA) is 95.9 Å². The van der Waals surface area contributed by atoms with Gasteiger partial charge in [0, 0.05) is 5.69 Å². The number of amides is 1. The van der Waals surface area contributed by atoms with Crippen molar-refractivity contribution >= 4 is 17.6 Å². The molecule has 0 aliphatic rings. The molecule has 2 aromatic rings. The van der Waals surface area contributed by atoms with Gasteiger partial charge in [-0.05, 0) is 43.2 Å². The number of aryl methyl sites for hydroxylation is 2. The molecular weight excluding hydrogens is 298 g/mol. The number of para-hydroxylation sites is 1. The fourth-order valence-electron chi connectivity index (χ4n) is 2.07. The summed E-state index contributed by atoms with van der Waals surface area (Å²) >= 11 is 0. The number of carbonyl (C=O) groups excluding carboxylic acids is 1. The number of carboxylic acid groups (broad SMARTS) is 1. The molecule has 0 heterocycles. The highest BCUT2D eigenvalue weighted by Gasteiger charge is 2.14. The molecule has 0 fully saturated rings. The molecule has 1 amide bonds. The van der Waals surface area contributed by atoms with Crippen molar-refractivity contribution in [3.8, 4) is 11.5 Å². The van der Waals surface area contributed by atoms with Gasteiger partial charge in [0.25, 0.3) is 5.91 Å². The number of ether oxygens (including phenoxy) is 1. The Morgan fingerprint density at radius 3 is 2.48 bits per heavy atom. The third-order valence-corrected chi connectivity index (χ3v) is 3.27. The van der Waals surface area contributed by atoms with E-state index in [0.717, 1.165) is 5.56 Å². The monoisotopic (exact) mass is 315 g/mol. The number of hydrogen-bond donors (Lipinski definition) is 3. The fourth-order valence-corrected chi connectivity index (χ4v) is 2.07. The maximum Gasteiger partial charge on any atom is 0.339 e. The Balaban J connectivity index is 2.06. The molecule has 0 aliphatic heterocycles. The van der Waals surface area contributed by atoms with Gasteiger partial charge in [0.05, 0.1) is 0 Å². The molecule has 3 N–H and O–H groups in total. The minimum absolute atomic E-state index is 0.201. The number of anilines is 1. The number of nitrogens with one attached hydrogen (secondary N) is 1.